The molecule has 2 heterocycles. The fourth-order valence-corrected chi connectivity index (χ4v) is 2.61. The quantitative estimate of drug-likeness (QED) is 0.869. The van der Waals surface area contributed by atoms with Gasteiger partial charge in [-0.05, 0) is 5.92 Å². The van der Waals surface area contributed by atoms with Crippen LogP contribution in [0.4, 0.5) is 0 Å². The van der Waals surface area contributed by atoms with Gasteiger partial charge in [0.15, 0.2) is 11.0 Å². The molecule has 6 heteroatoms. The molecule has 16 heavy (non-hydrogen) atoms. The largest absolute Gasteiger partial charge is 0.361 e. The number of nitrogens with one attached hydrogen (secondary N) is 1. The molecule has 1 aliphatic rings. The Morgan fingerprint density at radius 1 is 1.62 bits per heavy atom. The first-order valence-corrected chi connectivity index (χ1v) is 6.36. The molecule has 0 amide bonds. The van der Waals surface area contributed by atoms with Crippen molar-refractivity contribution in [2.24, 2.45) is 10.9 Å². The van der Waals surface area contributed by atoms with E-state index in [0.29, 0.717) is 30.2 Å². The second-order valence-corrected chi connectivity index (χ2v) is 5.17. The van der Waals surface area contributed by atoms with Crippen LogP contribution in [0.15, 0.2) is 9.52 Å². The first-order chi connectivity index (χ1) is 7.65. The third-order valence-corrected chi connectivity index (χ3v) is 3.49. The molecule has 0 saturated carbocycles. The highest BCUT2D eigenvalue weighted by molar-refractivity contribution is 8.14. The van der Waals surface area contributed by atoms with Crippen LogP contribution < -0.4 is 5.32 Å². The Labute approximate surface area is 99.1 Å². The second kappa shape index (κ2) is 4.86. The fourth-order valence-electron chi connectivity index (χ4n) is 1.41. The fraction of sp³-hybridized carbons (Fsp3) is 0.700. The number of aliphatic imine (C=N–C) groups is 1. The lowest BCUT2D eigenvalue weighted by atomic mass is 10.1. The molecular weight excluding hydrogens is 224 g/mol. The number of rotatable bonds is 3. The van der Waals surface area contributed by atoms with Gasteiger partial charge in [0.2, 0.25) is 5.89 Å². The van der Waals surface area contributed by atoms with Crippen molar-refractivity contribution < 1.29 is 4.52 Å². The Kier molecular flexibility index (Phi) is 3.48. The molecule has 1 N–H and O–H groups in total. The molecule has 1 saturated heterocycles. The maximum Gasteiger partial charge on any atom is 0.223 e. The van der Waals surface area contributed by atoms with Gasteiger partial charge in [-0.3, -0.25) is 4.99 Å². The molecular formula is C10H16N4OS. The van der Waals surface area contributed by atoms with E-state index in [0.717, 1.165) is 10.9 Å². The van der Waals surface area contributed by atoms with Crippen LogP contribution in [0.3, 0.4) is 0 Å². The van der Waals surface area contributed by atoms with E-state index in [4.69, 9.17) is 4.52 Å². The summed E-state index contributed by atoms with van der Waals surface area (Å²) in [5.74, 6) is 2.94. The van der Waals surface area contributed by atoms with E-state index in [1.807, 2.05) is 0 Å². The molecule has 88 valence electrons. The summed E-state index contributed by atoms with van der Waals surface area (Å²) in [7, 11) is 0. The Morgan fingerprint density at radius 3 is 3.00 bits per heavy atom. The van der Waals surface area contributed by atoms with Crippen LogP contribution in [-0.4, -0.2) is 27.1 Å². The molecule has 2 rings (SSSR count). The average molecular weight is 240 g/mol. The highest BCUT2D eigenvalue weighted by Gasteiger charge is 2.22. The third kappa shape index (κ3) is 2.75. The van der Waals surface area contributed by atoms with Crippen LogP contribution in [0.1, 0.15) is 25.6 Å². The summed E-state index contributed by atoms with van der Waals surface area (Å²) < 4.78 is 4.88. The topological polar surface area (TPSA) is 63.3 Å². The van der Waals surface area contributed by atoms with Crippen LogP contribution >= 0.6 is 11.8 Å². The Bertz CT molecular complexity index is 388. The lowest BCUT2D eigenvalue weighted by Gasteiger charge is -2.12. The van der Waals surface area contributed by atoms with Crippen molar-refractivity contribution in [3.63, 3.8) is 0 Å². The smallest absolute Gasteiger partial charge is 0.223 e. The summed E-state index contributed by atoms with van der Waals surface area (Å²) in [6, 6.07) is 0.524. The zero-order chi connectivity index (χ0) is 11.5. The van der Waals surface area contributed by atoms with E-state index >= 15 is 0 Å². The summed E-state index contributed by atoms with van der Waals surface area (Å²) in [6.45, 7) is 6.69. The van der Waals surface area contributed by atoms with Crippen LogP contribution in [-0.2, 0) is 6.54 Å². The molecule has 1 atom stereocenters. The van der Waals surface area contributed by atoms with Gasteiger partial charge in [-0.2, -0.15) is 4.98 Å². The van der Waals surface area contributed by atoms with Crippen LogP contribution in [0.2, 0.25) is 0 Å². The molecule has 1 aromatic rings. The van der Waals surface area contributed by atoms with E-state index in [9.17, 15) is 0 Å². The van der Waals surface area contributed by atoms with Gasteiger partial charge in [0.05, 0.1) is 0 Å². The van der Waals surface area contributed by atoms with E-state index in [-0.39, 0.29) is 0 Å². The SMILES string of the molecule is Cc1nc(CN=C2NC(C(C)C)CS2)no1. The number of nitrogens with zero attached hydrogens (tertiary/aromatic N) is 3. The minimum atomic E-state index is 0.484. The number of aryl methyl sites for hydroxylation is 1. The van der Waals surface area contributed by atoms with Crippen molar-refractivity contribution >= 4 is 16.9 Å². The summed E-state index contributed by atoms with van der Waals surface area (Å²) >= 11 is 1.76. The Balaban J connectivity index is 1.90. The molecule has 0 spiro atoms. The van der Waals surface area contributed by atoms with Crippen molar-refractivity contribution in [3.8, 4) is 0 Å². The Hall–Kier alpha value is -1.04. The molecule has 1 unspecified atom stereocenters. The first kappa shape index (κ1) is 11.4. The maximum absolute atomic E-state index is 4.88. The highest BCUT2D eigenvalue weighted by atomic mass is 32.2. The number of aromatic nitrogens is 2. The standard InChI is InChI=1S/C10H16N4OS/c1-6(2)8-5-16-10(13-8)11-4-9-12-7(3)15-14-9/h6,8H,4-5H2,1-3H3,(H,11,13). The molecule has 5 nitrogen and oxygen atoms in total. The van der Waals surface area contributed by atoms with E-state index in [1.54, 1.807) is 18.7 Å². The van der Waals surface area contributed by atoms with E-state index in [2.05, 4.69) is 34.3 Å². The second-order valence-electron chi connectivity index (χ2n) is 4.16. The number of hydrogen-bond donors (Lipinski definition) is 1. The average Bonchev–Trinajstić information content (AvgIpc) is 2.83. The van der Waals surface area contributed by atoms with Crippen molar-refractivity contribution in [3.05, 3.63) is 11.7 Å². The number of thioether (sulfide) groups is 1. The van der Waals surface area contributed by atoms with E-state index < -0.39 is 0 Å². The molecule has 0 bridgehead atoms. The van der Waals surface area contributed by atoms with Gasteiger partial charge in [-0.1, -0.05) is 30.8 Å². The number of hydrogen-bond acceptors (Lipinski definition) is 5. The molecule has 0 aromatic carbocycles. The summed E-state index contributed by atoms with van der Waals surface area (Å²) in [5.41, 5.74) is 0. The van der Waals surface area contributed by atoms with Crippen molar-refractivity contribution in [2.45, 2.75) is 33.4 Å². The van der Waals surface area contributed by atoms with E-state index in [1.165, 1.54) is 0 Å². The van der Waals surface area contributed by atoms with Gasteiger partial charge in [0.25, 0.3) is 0 Å². The van der Waals surface area contributed by atoms with Gasteiger partial charge in [-0.15, -0.1) is 0 Å². The minimum Gasteiger partial charge on any atom is -0.361 e. The van der Waals surface area contributed by atoms with Crippen LogP contribution in [0, 0.1) is 12.8 Å². The van der Waals surface area contributed by atoms with Gasteiger partial charge < -0.3 is 9.84 Å². The van der Waals surface area contributed by atoms with Crippen molar-refractivity contribution in [1.82, 2.24) is 15.5 Å². The lowest BCUT2D eigenvalue weighted by molar-refractivity contribution is 0.387. The molecule has 0 aliphatic carbocycles. The predicted octanol–water partition coefficient (Wildman–Crippen LogP) is 1.60. The summed E-state index contributed by atoms with van der Waals surface area (Å²) in [4.78, 5) is 8.53. The molecule has 1 fully saturated rings. The normalized spacial score (nSPS) is 23.0. The van der Waals surface area contributed by atoms with Crippen LogP contribution in [0.25, 0.3) is 0 Å². The van der Waals surface area contributed by atoms with Crippen molar-refractivity contribution in [1.29, 1.82) is 0 Å². The van der Waals surface area contributed by atoms with Crippen molar-refractivity contribution in [2.75, 3.05) is 5.75 Å². The zero-order valence-corrected chi connectivity index (χ0v) is 10.5. The van der Waals surface area contributed by atoms with Gasteiger partial charge in [-0.25, -0.2) is 0 Å². The number of amidine groups is 1. The molecule has 1 aliphatic heterocycles. The highest BCUT2D eigenvalue weighted by Crippen LogP contribution is 2.19. The predicted molar refractivity (Wildman–Crippen MR) is 64.4 cm³/mol. The summed E-state index contributed by atoms with van der Waals surface area (Å²) in [6.07, 6.45) is 0. The van der Waals surface area contributed by atoms with Gasteiger partial charge >= 0.3 is 0 Å². The van der Waals surface area contributed by atoms with Gasteiger partial charge in [0, 0.05) is 18.7 Å². The Morgan fingerprint density at radius 2 is 2.44 bits per heavy atom. The zero-order valence-electron chi connectivity index (χ0n) is 9.73. The molecule has 0 radical (unpaired) electrons. The molecule has 1 aromatic heterocycles. The first-order valence-electron chi connectivity index (χ1n) is 5.38. The lowest BCUT2D eigenvalue weighted by Crippen LogP contribution is -2.31. The maximum atomic E-state index is 4.88. The minimum absolute atomic E-state index is 0.484. The monoisotopic (exact) mass is 240 g/mol. The summed E-state index contributed by atoms with van der Waals surface area (Å²) in [5, 5.41) is 8.18. The third-order valence-electron chi connectivity index (χ3n) is 2.45. The van der Waals surface area contributed by atoms with Gasteiger partial charge in [0.1, 0.15) is 6.54 Å². The van der Waals surface area contributed by atoms with Crippen LogP contribution in [0.5, 0.6) is 0 Å².